The van der Waals surface area contributed by atoms with Gasteiger partial charge in [-0.3, -0.25) is 0 Å². The van der Waals surface area contributed by atoms with Gasteiger partial charge in [0.2, 0.25) is 0 Å². The molecule has 3 heterocycles. The Balaban J connectivity index is 2.07. The smallest absolute Gasteiger partial charge is 0.399 e. The molecule has 1 saturated heterocycles. The molecule has 1 fully saturated rings. The second-order valence-electron chi connectivity index (χ2n) is 7.04. The molecule has 0 amide bonds. The third-order valence-electron chi connectivity index (χ3n) is 4.71. The van der Waals surface area contributed by atoms with Gasteiger partial charge in [0.05, 0.1) is 11.2 Å². The Kier molecular flexibility index (Phi) is 3.19. The molecule has 3 rings (SSSR count). The van der Waals surface area contributed by atoms with Crippen molar-refractivity contribution in [3.63, 3.8) is 0 Å². The highest BCUT2D eigenvalue weighted by atomic mass is 16.7. The Morgan fingerprint density at radius 1 is 1.10 bits per heavy atom. The first-order valence-corrected chi connectivity index (χ1v) is 7.54. The molecule has 5 heteroatoms. The zero-order valence-corrected chi connectivity index (χ0v) is 13.7. The highest BCUT2D eigenvalue weighted by molar-refractivity contribution is 6.65. The van der Waals surface area contributed by atoms with E-state index in [1.807, 2.05) is 12.3 Å². The maximum absolute atomic E-state index is 6.17. The molecule has 0 spiro atoms. The van der Waals surface area contributed by atoms with Crippen LogP contribution in [0.15, 0.2) is 24.5 Å². The van der Waals surface area contributed by atoms with Gasteiger partial charge in [0.25, 0.3) is 0 Å². The van der Waals surface area contributed by atoms with Crippen LogP contribution in [-0.2, 0) is 9.31 Å². The highest BCUT2D eigenvalue weighted by Gasteiger charge is 2.52. The lowest BCUT2D eigenvalue weighted by Gasteiger charge is -2.32. The molecule has 0 radical (unpaired) electrons. The maximum atomic E-state index is 6.17. The van der Waals surface area contributed by atoms with Crippen LogP contribution in [0, 0.1) is 0 Å². The summed E-state index contributed by atoms with van der Waals surface area (Å²) in [6.45, 7) is 12.6. The first-order chi connectivity index (χ1) is 9.73. The van der Waals surface area contributed by atoms with Crippen molar-refractivity contribution in [1.29, 1.82) is 0 Å². The molecule has 2 aromatic rings. The van der Waals surface area contributed by atoms with Crippen molar-refractivity contribution in [3.05, 3.63) is 24.5 Å². The second kappa shape index (κ2) is 4.58. The zero-order valence-electron chi connectivity index (χ0n) is 13.7. The van der Waals surface area contributed by atoms with Crippen LogP contribution in [0.3, 0.4) is 0 Å². The van der Waals surface area contributed by atoms with Crippen LogP contribution in [0.4, 0.5) is 0 Å². The minimum absolute atomic E-state index is 0.326. The van der Waals surface area contributed by atoms with E-state index in [0.29, 0.717) is 6.04 Å². The number of hydrogen-bond donors (Lipinski definition) is 0. The summed E-state index contributed by atoms with van der Waals surface area (Å²) in [5, 5.41) is 1.10. The molecular weight excluding hydrogens is 263 g/mol. The van der Waals surface area contributed by atoms with Crippen LogP contribution in [-0.4, -0.2) is 27.9 Å². The Morgan fingerprint density at radius 3 is 2.29 bits per heavy atom. The SMILES string of the molecule is CC(C)n1ccc2c(B3OC(C)(C)C(C)(C)O3)ccnc21. The summed E-state index contributed by atoms with van der Waals surface area (Å²) in [7, 11) is -0.344. The van der Waals surface area contributed by atoms with Crippen LogP contribution >= 0.6 is 0 Å². The van der Waals surface area contributed by atoms with Crippen molar-refractivity contribution in [2.24, 2.45) is 0 Å². The fourth-order valence-corrected chi connectivity index (χ4v) is 2.67. The largest absolute Gasteiger partial charge is 0.495 e. The Hall–Kier alpha value is -1.33. The van der Waals surface area contributed by atoms with Crippen molar-refractivity contribution in [2.45, 2.75) is 58.8 Å². The summed E-state index contributed by atoms with van der Waals surface area (Å²) in [4.78, 5) is 4.52. The Bertz CT molecular complexity index is 660. The van der Waals surface area contributed by atoms with Crippen LogP contribution in [0.5, 0.6) is 0 Å². The van der Waals surface area contributed by atoms with Crippen LogP contribution in [0.2, 0.25) is 0 Å². The molecule has 0 aliphatic carbocycles. The van der Waals surface area contributed by atoms with Crippen LogP contribution in [0.25, 0.3) is 11.0 Å². The molecule has 0 aromatic carbocycles. The number of pyridine rings is 1. The van der Waals surface area contributed by atoms with E-state index in [9.17, 15) is 0 Å². The number of hydrogen-bond acceptors (Lipinski definition) is 3. The molecule has 0 saturated carbocycles. The average molecular weight is 286 g/mol. The highest BCUT2D eigenvalue weighted by Crippen LogP contribution is 2.37. The lowest BCUT2D eigenvalue weighted by molar-refractivity contribution is 0.00578. The van der Waals surface area contributed by atoms with Gasteiger partial charge in [0.15, 0.2) is 0 Å². The maximum Gasteiger partial charge on any atom is 0.495 e. The predicted molar refractivity (Wildman–Crippen MR) is 85.8 cm³/mol. The third kappa shape index (κ3) is 2.19. The molecule has 2 aromatic heterocycles. The van der Waals surface area contributed by atoms with Gasteiger partial charge in [0, 0.05) is 23.8 Å². The number of rotatable bonds is 2. The summed E-state index contributed by atoms with van der Waals surface area (Å²) >= 11 is 0. The Morgan fingerprint density at radius 2 is 1.71 bits per heavy atom. The van der Waals surface area contributed by atoms with E-state index in [-0.39, 0.29) is 18.3 Å². The van der Waals surface area contributed by atoms with Crippen molar-refractivity contribution in [3.8, 4) is 0 Å². The van der Waals surface area contributed by atoms with Gasteiger partial charge in [-0.05, 0) is 59.1 Å². The van der Waals surface area contributed by atoms with Gasteiger partial charge in [-0.25, -0.2) is 4.98 Å². The van der Waals surface area contributed by atoms with Crippen molar-refractivity contribution >= 4 is 23.6 Å². The summed E-state index contributed by atoms with van der Waals surface area (Å²) in [6.07, 6.45) is 3.92. The fourth-order valence-electron chi connectivity index (χ4n) is 2.67. The van der Waals surface area contributed by atoms with Gasteiger partial charge in [-0.1, -0.05) is 0 Å². The van der Waals surface area contributed by atoms with Crippen molar-refractivity contribution < 1.29 is 9.31 Å². The van der Waals surface area contributed by atoms with Crippen molar-refractivity contribution in [2.75, 3.05) is 0 Å². The lowest BCUT2D eigenvalue weighted by atomic mass is 9.78. The lowest BCUT2D eigenvalue weighted by Crippen LogP contribution is -2.41. The minimum atomic E-state index is -0.344. The zero-order chi connectivity index (χ0) is 15.4. The number of nitrogens with zero attached hydrogens (tertiary/aromatic N) is 2. The van der Waals surface area contributed by atoms with E-state index >= 15 is 0 Å². The van der Waals surface area contributed by atoms with Crippen LogP contribution < -0.4 is 5.46 Å². The normalized spacial score (nSPS) is 20.6. The standard InChI is InChI=1S/C16H23BN2O2/c1-11(2)19-10-8-12-13(7-9-18-14(12)19)17-20-15(3,4)16(5,6)21-17/h7-11H,1-6H3. The molecule has 0 N–H and O–H groups in total. The summed E-state index contributed by atoms with van der Waals surface area (Å²) in [6, 6.07) is 4.47. The van der Waals surface area contributed by atoms with Gasteiger partial charge >= 0.3 is 7.12 Å². The predicted octanol–water partition coefficient (Wildman–Crippen LogP) is 2.92. The van der Waals surface area contributed by atoms with E-state index in [1.165, 1.54) is 0 Å². The minimum Gasteiger partial charge on any atom is -0.399 e. The molecule has 0 unspecified atom stereocenters. The summed E-state index contributed by atoms with van der Waals surface area (Å²) in [5.74, 6) is 0. The van der Waals surface area contributed by atoms with E-state index < -0.39 is 0 Å². The summed E-state index contributed by atoms with van der Waals surface area (Å²) in [5.41, 5.74) is 1.39. The first kappa shape index (κ1) is 14.6. The molecule has 0 atom stereocenters. The quantitative estimate of drug-likeness (QED) is 0.796. The van der Waals surface area contributed by atoms with Gasteiger partial charge in [0.1, 0.15) is 5.65 Å². The van der Waals surface area contributed by atoms with Gasteiger partial charge in [-0.15, -0.1) is 0 Å². The second-order valence-corrected chi connectivity index (χ2v) is 7.04. The molecule has 112 valence electrons. The first-order valence-electron chi connectivity index (χ1n) is 7.54. The van der Waals surface area contributed by atoms with Gasteiger partial charge in [-0.2, -0.15) is 0 Å². The average Bonchev–Trinajstić information content (AvgIpc) is 2.88. The number of fused-ring (bicyclic) bond motifs is 1. The topological polar surface area (TPSA) is 36.3 Å². The van der Waals surface area contributed by atoms with E-state index in [1.54, 1.807) is 0 Å². The Labute approximate surface area is 126 Å². The van der Waals surface area contributed by atoms with Crippen LogP contribution in [0.1, 0.15) is 47.6 Å². The monoisotopic (exact) mass is 286 g/mol. The van der Waals surface area contributed by atoms with E-state index in [4.69, 9.17) is 9.31 Å². The number of aromatic nitrogens is 2. The fraction of sp³-hybridized carbons (Fsp3) is 0.562. The van der Waals surface area contributed by atoms with Gasteiger partial charge < -0.3 is 13.9 Å². The molecule has 4 nitrogen and oxygen atoms in total. The summed E-state index contributed by atoms with van der Waals surface area (Å²) < 4.78 is 14.5. The molecular formula is C16H23BN2O2. The molecule has 1 aliphatic heterocycles. The molecule has 21 heavy (non-hydrogen) atoms. The van der Waals surface area contributed by atoms with E-state index in [2.05, 4.69) is 63.4 Å². The molecule has 1 aliphatic rings. The van der Waals surface area contributed by atoms with Crippen molar-refractivity contribution in [1.82, 2.24) is 9.55 Å². The van der Waals surface area contributed by atoms with E-state index in [0.717, 1.165) is 16.5 Å². The third-order valence-corrected chi connectivity index (χ3v) is 4.71. The molecule has 0 bridgehead atoms.